The summed E-state index contributed by atoms with van der Waals surface area (Å²) >= 11 is 7.76. The van der Waals surface area contributed by atoms with E-state index in [1.165, 1.54) is 15.3 Å². The number of hydrogen-bond acceptors (Lipinski definition) is 3. The third kappa shape index (κ3) is 4.40. The zero-order valence-electron chi connectivity index (χ0n) is 14.4. The minimum absolute atomic E-state index is 0.0173. The standard InChI is InChI=1S/C20H21ClN2OS/c1-3-15-10-18(13(2)23-20(15)24)19-8-7-17(25-19)12-22-11-14-5-4-6-16(21)9-14/h4-10,22H,3,11-12H2,1-2H3,(H,23,24). The SMILES string of the molecule is CCc1cc(-c2ccc(CNCc3cccc(Cl)c3)s2)c(C)[nH]c1=O. The van der Waals surface area contributed by atoms with E-state index in [1.807, 2.05) is 38.1 Å². The lowest BCUT2D eigenvalue weighted by molar-refractivity contribution is 0.701. The number of aromatic nitrogens is 1. The highest BCUT2D eigenvalue weighted by Crippen LogP contribution is 2.30. The quantitative estimate of drug-likeness (QED) is 0.645. The van der Waals surface area contributed by atoms with Crippen LogP contribution in [0.1, 0.15) is 28.6 Å². The molecule has 1 aromatic carbocycles. The Balaban J connectivity index is 1.69. The Morgan fingerprint density at radius 2 is 2.00 bits per heavy atom. The molecule has 0 fully saturated rings. The van der Waals surface area contributed by atoms with Gasteiger partial charge in [0, 0.05) is 44.7 Å². The molecule has 2 N–H and O–H groups in total. The molecular formula is C20H21ClN2OS. The van der Waals surface area contributed by atoms with Crippen LogP contribution in [-0.4, -0.2) is 4.98 Å². The summed E-state index contributed by atoms with van der Waals surface area (Å²) < 4.78 is 0. The van der Waals surface area contributed by atoms with E-state index < -0.39 is 0 Å². The number of hydrogen-bond donors (Lipinski definition) is 2. The first-order valence-electron chi connectivity index (χ1n) is 8.34. The summed E-state index contributed by atoms with van der Waals surface area (Å²) in [4.78, 5) is 17.3. The maximum atomic E-state index is 11.9. The molecule has 5 heteroatoms. The van der Waals surface area contributed by atoms with Gasteiger partial charge >= 0.3 is 0 Å². The van der Waals surface area contributed by atoms with Gasteiger partial charge in [0.15, 0.2) is 0 Å². The van der Waals surface area contributed by atoms with Gasteiger partial charge in [-0.2, -0.15) is 0 Å². The number of H-pyrrole nitrogens is 1. The monoisotopic (exact) mass is 372 g/mol. The Kier molecular flexibility index (Phi) is 5.74. The average molecular weight is 373 g/mol. The Morgan fingerprint density at radius 3 is 2.76 bits per heavy atom. The largest absolute Gasteiger partial charge is 0.326 e. The van der Waals surface area contributed by atoms with E-state index in [1.54, 1.807) is 11.3 Å². The second-order valence-corrected chi connectivity index (χ2v) is 7.62. The Hall–Kier alpha value is -1.88. The van der Waals surface area contributed by atoms with Crippen molar-refractivity contribution < 1.29 is 0 Å². The molecule has 0 atom stereocenters. The second-order valence-electron chi connectivity index (χ2n) is 6.02. The van der Waals surface area contributed by atoms with Crippen molar-refractivity contribution >= 4 is 22.9 Å². The first-order chi connectivity index (χ1) is 12.1. The molecule has 2 aromatic heterocycles. The highest BCUT2D eigenvalue weighted by atomic mass is 35.5. The van der Waals surface area contributed by atoms with Crippen LogP contribution in [0.25, 0.3) is 10.4 Å². The minimum Gasteiger partial charge on any atom is -0.326 e. The highest BCUT2D eigenvalue weighted by Gasteiger charge is 2.09. The summed E-state index contributed by atoms with van der Waals surface area (Å²) in [6.07, 6.45) is 0.738. The molecule has 130 valence electrons. The van der Waals surface area contributed by atoms with E-state index in [0.29, 0.717) is 0 Å². The zero-order chi connectivity index (χ0) is 17.8. The van der Waals surface area contributed by atoms with Gasteiger partial charge in [0.05, 0.1) is 0 Å². The molecular weight excluding hydrogens is 352 g/mol. The van der Waals surface area contributed by atoms with Crippen LogP contribution in [0.15, 0.2) is 47.3 Å². The molecule has 3 rings (SSSR count). The Labute approximate surface area is 156 Å². The fourth-order valence-corrected chi connectivity index (χ4v) is 4.04. The number of pyridine rings is 1. The van der Waals surface area contributed by atoms with Gasteiger partial charge in [0.25, 0.3) is 5.56 Å². The number of benzene rings is 1. The molecule has 0 bridgehead atoms. The van der Waals surface area contributed by atoms with E-state index in [2.05, 4.69) is 28.5 Å². The molecule has 3 nitrogen and oxygen atoms in total. The van der Waals surface area contributed by atoms with Crippen molar-refractivity contribution in [2.75, 3.05) is 0 Å². The van der Waals surface area contributed by atoms with Crippen molar-refractivity contribution in [2.45, 2.75) is 33.4 Å². The van der Waals surface area contributed by atoms with E-state index >= 15 is 0 Å². The molecule has 0 aliphatic heterocycles. The van der Waals surface area contributed by atoms with Gasteiger partial charge < -0.3 is 10.3 Å². The van der Waals surface area contributed by atoms with E-state index in [4.69, 9.17) is 11.6 Å². The van der Waals surface area contributed by atoms with E-state index in [0.717, 1.165) is 41.4 Å². The molecule has 0 aliphatic rings. The zero-order valence-corrected chi connectivity index (χ0v) is 15.9. The second kappa shape index (κ2) is 8.00. The number of rotatable bonds is 6. The molecule has 0 unspecified atom stereocenters. The Morgan fingerprint density at radius 1 is 1.16 bits per heavy atom. The fourth-order valence-electron chi connectivity index (χ4n) is 2.78. The molecule has 0 saturated heterocycles. The van der Waals surface area contributed by atoms with Gasteiger partial charge in [-0.1, -0.05) is 30.7 Å². The van der Waals surface area contributed by atoms with Crippen LogP contribution in [0, 0.1) is 6.92 Å². The van der Waals surface area contributed by atoms with Gasteiger partial charge in [-0.3, -0.25) is 4.79 Å². The first kappa shape index (κ1) is 17.9. The summed E-state index contributed by atoms with van der Waals surface area (Å²) in [7, 11) is 0. The van der Waals surface area contributed by atoms with Crippen molar-refractivity contribution in [3.05, 3.63) is 79.5 Å². The molecule has 0 amide bonds. The number of thiophene rings is 1. The fraction of sp³-hybridized carbons (Fsp3) is 0.250. The topological polar surface area (TPSA) is 44.9 Å². The lowest BCUT2D eigenvalue weighted by Gasteiger charge is -2.06. The number of aryl methyl sites for hydroxylation is 2. The maximum Gasteiger partial charge on any atom is 0.251 e. The molecule has 25 heavy (non-hydrogen) atoms. The normalized spacial score (nSPS) is 11.0. The third-order valence-corrected chi connectivity index (χ3v) is 5.49. The highest BCUT2D eigenvalue weighted by molar-refractivity contribution is 7.15. The summed E-state index contributed by atoms with van der Waals surface area (Å²) in [5, 5.41) is 4.21. The molecule has 0 radical (unpaired) electrons. The predicted molar refractivity (Wildman–Crippen MR) is 106 cm³/mol. The van der Waals surface area contributed by atoms with Gasteiger partial charge in [-0.15, -0.1) is 11.3 Å². The molecule has 0 aliphatic carbocycles. The smallest absolute Gasteiger partial charge is 0.251 e. The number of halogens is 1. The molecule has 2 heterocycles. The molecule has 3 aromatic rings. The van der Waals surface area contributed by atoms with Gasteiger partial charge in [-0.05, 0) is 49.2 Å². The molecule has 0 spiro atoms. The van der Waals surface area contributed by atoms with Crippen LogP contribution in [0.2, 0.25) is 5.02 Å². The average Bonchev–Trinajstić information content (AvgIpc) is 3.04. The third-order valence-electron chi connectivity index (χ3n) is 4.14. The van der Waals surface area contributed by atoms with Crippen LogP contribution < -0.4 is 10.9 Å². The van der Waals surface area contributed by atoms with Crippen molar-refractivity contribution in [2.24, 2.45) is 0 Å². The van der Waals surface area contributed by atoms with Crippen molar-refractivity contribution in [1.29, 1.82) is 0 Å². The van der Waals surface area contributed by atoms with Crippen LogP contribution in [0.4, 0.5) is 0 Å². The van der Waals surface area contributed by atoms with Gasteiger partial charge in [0.2, 0.25) is 0 Å². The van der Waals surface area contributed by atoms with Crippen LogP contribution >= 0.6 is 22.9 Å². The summed E-state index contributed by atoms with van der Waals surface area (Å²) in [6, 6.07) is 14.2. The van der Waals surface area contributed by atoms with Crippen molar-refractivity contribution in [3.8, 4) is 10.4 Å². The Bertz CT molecular complexity index is 929. The lowest BCUT2D eigenvalue weighted by atomic mass is 10.1. The number of aromatic amines is 1. The predicted octanol–water partition coefficient (Wildman–Crippen LogP) is 4.92. The summed E-state index contributed by atoms with van der Waals surface area (Å²) in [5.74, 6) is 0. The van der Waals surface area contributed by atoms with Crippen LogP contribution in [-0.2, 0) is 19.5 Å². The van der Waals surface area contributed by atoms with Crippen molar-refractivity contribution in [3.63, 3.8) is 0 Å². The minimum atomic E-state index is 0.0173. The lowest BCUT2D eigenvalue weighted by Crippen LogP contribution is -2.13. The van der Waals surface area contributed by atoms with Crippen LogP contribution in [0.5, 0.6) is 0 Å². The van der Waals surface area contributed by atoms with Gasteiger partial charge in [0.1, 0.15) is 0 Å². The summed E-state index contributed by atoms with van der Waals surface area (Å²) in [6.45, 7) is 5.54. The number of nitrogens with one attached hydrogen (secondary N) is 2. The van der Waals surface area contributed by atoms with Crippen molar-refractivity contribution in [1.82, 2.24) is 10.3 Å². The van der Waals surface area contributed by atoms with E-state index in [9.17, 15) is 4.79 Å². The van der Waals surface area contributed by atoms with Gasteiger partial charge in [-0.25, -0.2) is 0 Å². The summed E-state index contributed by atoms with van der Waals surface area (Å²) in [5.41, 5.74) is 4.05. The maximum absolute atomic E-state index is 11.9. The van der Waals surface area contributed by atoms with E-state index in [-0.39, 0.29) is 5.56 Å². The van der Waals surface area contributed by atoms with Crippen LogP contribution in [0.3, 0.4) is 0 Å². The molecule has 0 saturated carbocycles. The first-order valence-corrected chi connectivity index (χ1v) is 9.53.